The Morgan fingerprint density at radius 1 is 1.41 bits per heavy atom. The lowest BCUT2D eigenvalue weighted by atomic mass is 10.1. The van der Waals surface area contributed by atoms with Gasteiger partial charge in [-0.1, -0.05) is 29.5 Å². The second kappa shape index (κ2) is 5.20. The van der Waals surface area contributed by atoms with Gasteiger partial charge in [0.15, 0.2) is 5.82 Å². The van der Waals surface area contributed by atoms with Crippen molar-refractivity contribution in [2.45, 2.75) is 19.9 Å². The van der Waals surface area contributed by atoms with Crippen LogP contribution in [0, 0.1) is 6.92 Å². The van der Waals surface area contributed by atoms with Crippen LogP contribution in [0.25, 0.3) is 0 Å². The number of benzene rings is 1. The number of tetrazole rings is 1. The summed E-state index contributed by atoms with van der Waals surface area (Å²) in [5, 5.41) is 16.0. The third kappa shape index (κ3) is 3.10. The molecule has 0 unspecified atom stereocenters. The molecule has 2 N–H and O–H groups in total. The number of hydrogen-bond donors (Lipinski definition) is 2. The quantitative estimate of drug-likeness (QED) is 0.796. The first-order valence-electron chi connectivity index (χ1n) is 5.29. The summed E-state index contributed by atoms with van der Waals surface area (Å²) >= 11 is 0. The summed E-state index contributed by atoms with van der Waals surface area (Å²) in [7, 11) is 0. The van der Waals surface area contributed by atoms with E-state index >= 15 is 0 Å². The molecule has 2 rings (SSSR count). The fraction of sp³-hybridized carbons (Fsp3) is 0.273. The van der Waals surface area contributed by atoms with Crippen molar-refractivity contribution < 1.29 is 4.79 Å². The van der Waals surface area contributed by atoms with Crippen LogP contribution in [0.3, 0.4) is 0 Å². The van der Waals surface area contributed by atoms with E-state index in [2.05, 4.69) is 25.9 Å². The summed E-state index contributed by atoms with van der Waals surface area (Å²) in [6, 6.07) is 7.82. The number of aromatic amines is 1. The van der Waals surface area contributed by atoms with Crippen molar-refractivity contribution >= 4 is 5.91 Å². The molecular formula is C11H13N5O. The molecule has 1 amide bonds. The van der Waals surface area contributed by atoms with Crippen LogP contribution in [-0.2, 0) is 17.8 Å². The fourth-order valence-corrected chi connectivity index (χ4v) is 1.48. The zero-order chi connectivity index (χ0) is 12.1. The number of nitrogens with zero attached hydrogens (tertiary/aromatic N) is 3. The Balaban J connectivity index is 1.87. The van der Waals surface area contributed by atoms with Gasteiger partial charge in [-0.2, -0.15) is 5.21 Å². The van der Waals surface area contributed by atoms with Crippen LogP contribution in [0.4, 0.5) is 0 Å². The molecule has 1 heterocycles. The smallest absolute Gasteiger partial charge is 0.224 e. The van der Waals surface area contributed by atoms with Gasteiger partial charge in [-0.25, -0.2) is 0 Å². The van der Waals surface area contributed by atoms with Crippen molar-refractivity contribution in [3.8, 4) is 0 Å². The van der Waals surface area contributed by atoms with Crippen molar-refractivity contribution in [2.24, 2.45) is 0 Å². The van der Waals surface area contributed by atoms with Crippen molar-refractivity contribution in [2.75, 3.05) is 0 Å². The molecule has 6 nitrogen and oxygen atoms in total. The lowest BCUT2D eigenvalue weighted by Crippen LogP contribution is -2.25. The number of aromatic nitrogens is 4. The Morgan fingerprint density at radius 3 is 2.94 bits per heavy atom. The molecule has 0 aliphatic rings. The minimum Gasteiger partial charge on any atom is -0.348 e. The van der Waals surface area contributed by atoms with Crippen molar-refractivity contribution in [3.63, 3.8) is 0 Å². The van der Waals surface area contributed by atoms with Gasteiger partial charge in [0.2, 0.25) is 5.91 Å². The Kier molecular flexibility index (Phi) is 3.44. The summed E-state index contributed by atoms with van der Waals surface area (Å²) in [5.74, 6) is 0.423. The van der Waals surface area contributed by atoms with E-state index in [0.717, 1.165) is 11.1 Å². The largest absolute Gasteiger partial charge is 0.348 e. The molecule has 0 spiro atoms. The number of rotatable bonds is 4. The zero-order valence-corrected chi connectivity index (χ0v) is 9.47. The highest BCUT2D eigenvalue weighted by Crippen LogP contribution is 2.07. The van der Waals surface area contributed by atoms with E-state index in [-0.39, 0.29) is 5.91 Å². The van der Waals surface area contributed by atoms with Gasteiger partial charge in [-0.3, -0.25) is 4.79 Å². The molecule has 0 radical (unpaired) electrons. The average molecular weight is 231 g/mol. The number of aryl methyl sites for hydroxylation is 1. The molecule has 0 bridgehead atoms. The molecule has 1 aromatic heterocycles. The van der Waals surface area contributed by atoms with Crippen LogP contribution >= 0.6 is 0 Å². The van der Waals surface area contributed by atoms with E-state index < -0.39 is 0 Å². The molecule has 0 aliphatic carbocycles. The second-order valence-corrected chi connectivity index (χ2v) is 3.71. The molecule has 6 heteroatoms. The Hall–Kier alpha value is -2.24. The Labute approximate surface area is 98.4 Å². The Morgan fingerprint density at radius 2 is 2.24 bits per heavy atom. The van der Waals surface area contributed by atoms with E-state index in [4.69, 9.17) is 0 Å². The number of hydrogen-bond acceptors (Lipinski definition) is 4. The van der Waals surface area contributed by atoms with Crippen LogP contribution in [0.2, 0.25) is 0 Å². The molecule has 0 saturated carbocycles. The minimum atomic E-state index is -0.0518. The first kappa shape index (κ1) is 11.3. The number of carbonyl (C=O) groups is 1. The number of H-pyrrole nitrogens is 1. The van der Waals surface area contributed by atoms with Crippen LogP contribution in [0.5, 0.6) is 0 Å². The predicted octanol–water partition coefficient (Wildman–Crippen LogP) is 0.367. The summed E-state index contributed by atoms with van der Waals surface area (Å²) in [6.07, 6.45) is 0.366. The molecule has 0 saturated heterocycles. The molecule has 0 aliphatic heterocycles. The van der Waals surface area contributed by atoms with Gasteiger partial charge < -0.3 is 5.32 Å². The maximum atomic E-state index is 11.7. The molecule has 0 fully saturated rings. The van der Waals surface area contributed by atoms with Gasteiger partial charge in [0, 0.05) is 0 Å². The summed E-state index contributed by atoms with van der Waals surface area (Å²) in [6.45, 7) is 2.28. The monoisotopic (exact) mass is 231 g/mol. The van der Waals surface area contributed by atoms with Gasteiger partial charge in [0.25, 0.3) is 0 Å². The van der Waals surface area contributed by atoms with Gasteiger partial charge >= 0.3 is 0 Å². The molecule has 0 atom stereocenters. The Bertz CT molecular complexity index is 494. The maximum absolute atomic E-state index is 11.7. The van der Waals surface area contributed by atoms with Crippen molar-refractivity contribution in [1.29, 1.82) is 0 Å². The highest BCUT2D eigenvalue weighted by atomic mass is 16.1. The summed E-state index contributed by atoms with van der Waals surface area (Å²) in [5.41, 5.74) is 2.14. The van der Waals surface area contributed by atoms with E-state index in [0.29, 0.717) is 18.8 Å². The summed E-state index contributed by atoms with van der Waals surface area (Å²) < 4.78 is 0. The first-order valence-corrected chi connectivity index (χ1v) is 5.29. The van der Waals surface area contributed by atoms with Crippen molar-refractivity contribution in [1.82, 2.24) is 25.9 Å². The predicted molar refractivity (Wildman–Crippen MR) is 60.9 cm³/mol. The fourth-order valence-electron chi connectivity index (χ4n) is 1.48. The topological polar surface area (TPSA) is 83.6 Å². The van der Waals surface area contributed by atoms with Gasteiger partial charge in [-0.05, 0) is 18.1 Å². The van der Waals surface area contributed by atoms with Gasteiger partial charge in [0.05, 0.1) is 13.0 Å². The molecular weight excluding hydrogens is 218 g/mol. The standard InChI is InChI=1S/C11H13N5O/c1-8-4-2-3-5-9(8)6-11(17)12-7-10-13-15-16-14-10/h2-5H,6-7H2,1H3,(H,12,17)(H,13,14,15,16). The highest BCUT2D eigenvalue weighted by Gasteiger charge is 2.06. The highest BCUT2D eigenvalue weighted by molar-refractivity contribution is 5.78. The number of nitrogens with one attached hydrogen (secondary N) is 2. The van der Waals surface area contributed by atoms with E-state index in [9.17, 15) is 4.79 Å². The third-order valence-electron chi connectivity index (χ3n) is 2.45. The zero-order valence-electron chi connectivity index (χ0n) is 9.47. The first-order chi connectivity index (χ1) is 8.25. The van der Waals surface area contributed by atoms with E-state index in [1.165, 1.54) is 0 Å². The van der Waals surface area contributed by atoms with Crippen molar-refractivity contribution in [3.05, 3.63) is 41.2 Å². The molecule has 17 heavy (non-hydrogen) atoms. The lowest BCUT2D eigenvalue weighted by molar-refractivity contribution is -0.120. The molecule has 88 valence electrons. The van der Waals surface area contributed by atoms with E-state index in [1.807, 2.05) is 31.2 Å². The van der Waals surface area contributed by atoms with Gasteiger partial charge in [0.1, 0.15) is 0 Å². The minimum absolute atomic E-state index is 0.0518. The normalized spacial score (nSPS) is 10.2. The van der Waals surface area contributed by atoms with E-state index in [1.54, 1.807) is 0 Å². The SMILES string of the molecule is Cc1ccccc1CC(=O)NCc1nn[nH]n1. The summed E-state index contributed by atoms with van der Waals surface area (Å²) in [4.78, 5) is 11.7. The maximum Gasteiger partial charge on any atom is 0.224 e. The van der Waals surface area contributed by atoms with Crippen LogP contribution in [0.15, 0.2) is 24.3 Å². The molecule has 1 aromatic carbocycles. The van der Waals surface area contributed by atoms with Crippen LogP contribution < -0.4 is 5.32 Å². The van der Waals surface area contributed by atoms with Crippen LogP contribution in [-0.4, -0.2) is 26.5 Å². The number of carbonyl (C=O) groups excluding carboxylic acids is 1. The third-order valence-corrected chi connectivity index (χ3v) is 2.45. The van der Waals surface area contributed by atoms with Gasteiger partial charge in [-0.15, -0.1) is 10.2 Å². The molecule has 2 aromatic rings. The lowest BCUT2D eigenvalue weighted by Gasteiger charge is -2.05. The van der Waals surface area contributed by atoms with Crippen LogP contribution in [0.1, 0.15) is 17.0 Å². The average Bonchev–Trinajstić information content (AvgIpc) is 2.82. The second-order valence-electron chi connectivity index (χ2n) is 3.71. The number of amides is 1.